The van der Waals surface area contributed by atoms with Crippen LogP contribution in [0.4, 0.5) is 0 Å². The van der Waals surface area contributed by atoms with E-state index in [2.05, 4.69) is 18.8 Å². The lowest BCUT2D eigenvalue weighted by Gasteiger charge is -2.11. The van der Waals surface area contributed by atoms with Crippen LogP contribution in [0.1, 0.15) is 25.8 Å². The average molecular weight is 245 g/mol. The number of ether oxygens (including phenoxy) is 1. The average Bonchev–Trinajstić information content (AvgIpc) is 2.38. The van der Waals surface area contributed by atoms with Gasteiger partial charge < -0.3 is 10.1 Å². The van der Waals surface area contributed by atoms with Crippen LogP contribution in [0.5, 0.6) is 5.75 Å². The van der Waals surface area contributed by atoms with Gasteiger partial charge in [0, 0.05) is 12.1 Å². The molecule has 0 spiro atoms. The Morgan fingerprint density at radius 2 is 2.17 bits per heavy atom. The summed E-state index contributed by atoms with van der Waals surface area (Å²) in [6, 6.07) is 8.04. The van der Waals surface area contributed by atoms with E-state index < -0.39 is 0 Å². The third-order valence-electron chi connectivity index (χ3n) is 2.50. The third kappa shape index (κ3) is 5.19. The molecule has 0 radical (unpaired) electrons. The van der Waals surface area contributed by atoms with Crippen LogP contribution >= 0.6 is 0 Å². The van der Waals surface area contributed by atoms with Crippen molar-refractivity contribution >= 4 is 6.08 Å². The summed E-state index contributed by atoms with van der Waals surface area (Å²) in [4.78, 5) is 0. The van der Waals surface area contributed by atoms with E-state index in [1.807, 2.05) is 43.3 Å². The largest absolute Gasteiger partial charge is 0.489 e. The highest BCUT2D eigenvalue weighted by atomic mass is 16.5. The van der Waals surface area contributed by atoms with Crippen molar-refractivity contribution in [1.82, 2.24) is 5.32 Å². The van der Waals surface area contributed by atoms with E-state index in [-0.39, 0.29) is 0 Å². The Labute approximate surface area is 110 Å². The Hall–Kier alpha value is -1.54. The minimum atomic E-state index is 0.561. The minimum Gasteiger partial charge on any atom is -0.489 e. The first-order valence-corrected chi connectivity index (χ1v) is 6.49. The van der Waals surface area contributed by atoms with Crippen molar-refractivity contribution in [2.24, 2.45) is 0 Å². The van der Waals surface area contributed by atoms with Crippen LogP contribution in [0.25, 0.3) is 6.08 Å². The van der Waals surface area contributed by atoms with Crippen molar-refractivity contribution in [3.8, 4) is 5.75 Å². The number of para-hydroxylation sites is 1. The molecule has 1 aromatic carbocycles. The molecular formula is C16H23NO. The second kappa shape index (κ2) is 8.54. The van der Waals surface area contributed by atoms with Gasteiger partial charge in [-0.3, -0.25) is 0 Å². The highest BCUT2D eigenvalue weighted by Gasteiger charge is 2.00. The second-order valence-corrected chi connectivity index (χ2v) is 4.25. The number of nitrogens with one attached hydrogen (secondary N) is 1. The summed E-state index contributed by atoms with van der Waals surface area (Å²) in [5.41, 5.74) is 2.17. The van der Waals surface area contributed by atoms with Crippen molar-refractivity contribution in [2.75, 3.05) is 19.7 Å². The van der Waals surface area contributed by atoms with Crippen molar-refractivity contribution in [2.45, 2.75) is 20.3 Å². The van der Waals surface area contributed by atoms with Gasteiger partial charge in [-0.25, -0.2) is 0 Å². The molecule has 0 bridgehead atoms. The van der Waals surface area contributed by atoms with Gasteiger partial charge in [0.05, 0.1) is 0 Å². The summed E-state index contributed by atoms with van der Waals surface area (Å²) >= 11 is 0. The summed E-state index contributed by atoms with van der Waals surface area (Å²) < 4.78 is 5.79. The highest BCUT2D eigenvalue weighted by Crippen LogP contribution is 2.19. The molecule has 0 fully saturated rings. The van der Waals surface area contributed by atoms with Crippen LogP contribution in [0.2, 0.25) is 0 Å². The van der Waals surface area contributed by atoms with Crippen molar-refractivity contribution in [3.05, 3.63) is 48.1 Å². The quantitative estimate of drug-likeness (QED) is 0.557. The van der Waals surface area contributed by atoms with Gasteiger partial charge in [-0.1, -0.05) is 43.9 Å². The Kier molecular flexibility index (Phi) is 6.89. The second-order valence-electron chi connectivity index (χ2n) is 4.25. The van der Waals surface area contributed by atoms with E-state index in [1.165, 1.54) is 0 Å². The fourth-order valence-electron chi connectivity index (χ4n) is 1.60. The van der Waals surface area contributed by atoms with E-state index in [0.29, 0.717) is 6.61 Å². The molecule has 0 amide bonds. The molecule has 2 heteroatoms. The molecule has 2 nitrogen and oxygen atoms in total. The Balaban J connectivity index is 2.45. The van der Waals surface area contributed by atoms with Crippen LogP contribution in [-0.2, 0) is 0 Å². The lowest BCUT2D eigenvalue weighted by atomic mass is 10.2. The van der Waals surface area contributed by atoms with E-state index in [9.17, 15) is 0 Å². The molecule has 0 unspecified atom stereocenters. The van der Waals surface area contributed by atoms with E-state index in [0.717, 1.165) is 36.4 Å². The molecule has 0 heterocycles. The number of allylic oxidation sites excluding steroid dienone is 1. The van der Waals surface area contributed by atoms with Gasteiger partial charge in [0.25, 0.3) is 0 Å². The molecule has 0 saturated carbocycles. The summed E-state index contributed by atoms with van der Waals surface area (Å²) in [5, 5.41) is 3.32. The number of hydrogen-bond acceptors (Lipinski definition) is 2. The molecule has 1 aromatic rings. The Morgan fingerprint density at radius 1 is 1.39 bits per heavy atom. The zero-order valence-electron chi connectivity index (χ0n) is 11.4. The number of benzene rings is 1. The molecule has 1 rings (SSSR count). The smallest absolute Gasteiger partial charge is 0.126 e. The van der Waals surface area contributed by atoms with Crippen molar-refractivity contribution in [3.63, 3.8) is 0 Å². The van der Waals surface area contributed by atoms with Crippen LogP contribution in [0, 0.1) is 0 Å². The molecule has 0 aliphatic heterocycles. The van der Waals surface area contributed by atoms with Gasteiger partial charge in [0.15, 0.2) is 0 Å². The molecule has 18 heavy (non-hydrogen) atoms. The maximum Gasteiger partial charge on any atom is 0.126 e. The Bertz CT molecular complexity index is 396. The molecule has 0 aliphatic carbocycles. The van der Waals surface area contributed by atoms with Crippen molar-refractivity contribution in [1.29, 1.82) is 0 Å². The molecule has 0 aromatic heterocycles. The van der Waals surface area contributed by atoms with E-state index >= 15 is 0 Å². The summed E-state index contributed by atoms with van der Waals surface area (Å²) in [7, 11) is 0. The number of hydrogen-bond donors (Lipinski definition) is 1. The van der Waals surface area contributed by atoms with E-state index in [1.54, 1.807) is 0 Å². The first-order valence-electron chi connectivity index (χ1n) is 6.49. The maximum atomic E-state index is 5.79. The summed E-state index contributed by atoms with van der Waals surface area (Å²) in [5.74, 6) is 0.909. The Morgan fingerprint density at radius 3 is 2.89 bits per heavy atom. The van der Waals surface area contributed by atoms with Crippen LogP contribution in [0.15, 0.2) is 42.5 Å². The molecule has 0 aliphatic rings. The lowest BCUT2D eigenvalue weighted by Crippen LogP contribution is -2.20. The molecular weight excluding hydrogens is 222 g/mol. The minimum absolute atomic E-state index is 0.561. The highest BCUT2D eigenvalue weighted by molar-refractivity contribution is 5.56. The topological polar surface area (TPSA) is 21.3 Å². The lowest BCUT2D eigenvalue weighted by molar-refractivity contribution is 0.347. The first kappa shape index (κ1) is 14.5. The SMILES string of the molecule is C=C(CNCCC)COc1ccccc1/C=C/C. The van der Waals surface area contributed by atoms with Crippen LogP contribution in [0.3, 0.4) is 0 Å². The fraction of sp³-hybridized carbons (Fsp3) is 0.375. The molecule has 0 saturated heterocycles. The maximum absolute atomic E-state index is 5.79. The predicted octanol–water partition coefficient (Wildman–Crippen LogP) is 3.65. The van der Waals surface area contributed by atoms with Gasteiger partial charge in [-0.05, 0) is 31.5 Å². The van der Waals surface area contributed by atoms with Crippen molar-refractivity contribution < 1.29 is 4.74 Å². The van der Waals surface area contributed by atoms with Gasteiger partial charge in [0.2, 0.25) is 0 Å². The van der Waals surface area contributed by atoms with Gasteiger partial charge in [0.1, 0.15) is 12.4 Å². The zero-order valence-corrected chi connectivity index (χ0v) is 11.4. The van der Waals surface area contributed by atoms with E-state index in [4.69, 9.17) is 4.74 Å². The van der Waals surface area contributed by atoms with Gasteiger partial charge in [-0.15, -0.1) is 0 Å². The third-order valence-corrected chi connectivity index (χ3v) is 2.50. The first-order chi connectivity index (χ1) is 8.77. The van der Waals surface area contributed by atoms with Gasteiger partial charge in [-0.2, -0.15) is 0 Å². The standard InChI is InChI=1S/C16H23NO/c1-4-8-15-9-6-7-10-16(15)18-13-14(3)12-17-11-5-2/h4,6-10,17H,3,5,11-13H2,1-2H3/b8-4+. The molecule has 98 valence electrons. The van der Waals surface area contributed by atoms with Crippen LogP contribution < -0.4 is 10.1 Å². The predicted molar refractivity (Wildman–Crippen MR) is 78.9 cm³/mol. The summed E-state index contributed by atoms with van der Waals surface area (Å²) in [6.45, 7) is 10.6. The fourth-order valence-corrected chi connectivity index (χ4v) is 1.60. The normalized spacial score (nSPS) is 10.8. The zero-order chi connectivity index (χ0) is 13.2. The molecule has 0 atom stereocenters. The van der Waals surface area contributed by atoms with Gasteiger partial charge >= 0.3 is 0 Å². The number of rotatable bonds is 8. The summed E-state index contributed by atoms with van der Waals surface area (Å²) in [6.07, 6.45) is 5.20. The van der Waals surface area contributed by atoms with Crippen LogP contribution in [-0.4, -0.2) is 19.7 Å². The monoisotopic (exact) mass is 245 g/mol. The molecule has 1 N–H and O–H groups in total.